The Bertz CT molecular complexity index is 1030. The number of rotatable bonds is 6. The van der Waals surface area contributed by atoms with Gasteiger partial charge in [-0.05, 0) is 48.0 Å². The van der Waals surface area contributed by atoms with Crippen LogP contribution in [0.2, 0.25) is 0 Å². The number of amides is 1. The van der Waals surface area contributed by atoms with Gasteiger partial charge >= 0.3 is 0 Å². The van der Waals surface area contributed by atoms with Crippen molar-refractivity contribution in [3.8, 4) is 11.8 Å². The summed E-state index contributed by atoms with van der Waals surface area (Å²) in [5, 5.41) is 15.5. The third-order valence-corrected chi connectivity index (χ3v) is 3.60. The molecule has 0 spiro atoms. The van der Waals surface area contributed by atoms with Crippen molar-refractivity contribution in [1.82, 2.24) is 10.1 Å². The van der Waals surface area contributed by atoms with Crippen LogP contribution in [0.5, 0.6) is 5.75 Å². The molecule has 7 nitrogen and oxygen atoms in total. The third-order valence-electron chi connectivity index (χ3n) is 3.60. The zero-order chi connectivity index (χ0) is 19.9. The second-order valence-electron chi connectivity index (χ2n) is 5.72. The number of anilines is 1. The third kappa shape index (κ3) is 5.02. The Balaban J connectivity index is 1.64. The first-order valence-electron chi connectivity index (χ1n) is 8.24. The standard InChI is InChI=1S/C20H15FN4O3/c1-13-23-19(25-28-13)12-27-18-8-2-14(3-9-18)10-15(11-22)20(26)24-17-6-4-16(21)5-7-17/h2-10H,12H2,1H3,(H,24,26). The second kappa shape index (κ2) is 8.60. The smallest absolute Gasteiger partial charge is 0.266 e. The molecule has 0 atom stereocenters. The molecule has 0 aliphatic rings. The summed E-state index contributed by atoms with van der Waals surface area (Å²) in [5.74, 6) is 0.481. The van der Waals surface area contributed by atoms with Crippen LogP contribution in [0, 0.1) is 24.1 Å². The van der Waals surface area contributed by atoms with Crippen LogP contribution in [0.4, 0.5) is 10.1 Å². The minimum atomic E-state index is -0.582. The normalized spacial score (nSPS) is 11.0. The zero-order valence-corrected chi connectivity index (χ0v) is 14.8. The summed E-state index contributed by atoms with van der Waals surface area (Å²) in [6.07, 6.45) is 1.45. The number of benzene rings is 2. The van der Waals surface area contributed by atoms with E-state index in [0.29, 0.717) is 28.7 Å². The van der Waals surface area contributed by atoms with Gasteiger partial charge in [-0.3, -0.25) is 4.79 Å². The van der Waals surface area contributed by atoms with Crippen LogP contribution < -0.4 is 10.1 Å². The molecule has 0 saturated heterocycles. The van der Waals surface area contributed by atoms with Crippen molar-refractivity contribution in [2.45, 2.75) is 13.5 Å². The quantitative estimate of drug-likeness (QED) is 0.519. The monoisotopic (exact) mass is 378 g/mol. The lowest BCUT2D eigenvalue weighted by Gasteiger charge is -2.05. The van der Waals surface area contributed by atoms with Crippen molar-refractivity contribution in [3.63, 3.8) is 0 Å². The molecule has 0 aliphatic carbocycles. The van der Waals surface area contributed by atoms with E-state index in [4.69, 9.17) is 9.26 Å². The first kappa shape index (κ1) is 18.8. The Kier molecular flexibility index (Phi) is 5.77. The fourth-order valence-corrected chi connectivity index (χ4v) is 2.26. The summed E-state index contributed by atoms with van der Waals surface area (Å²) < 4.78 is 23.3. The number of ether oxygens (including phenoxy) is 1. The van der Waals surface area contributed by atoms with Gasteiger partial charge in [-0.15, -0.1) is 0 Å². The second-order valence-corrected chi connectivity index (χ2v) is 5.72. The molecular weight excluding hydrogens is 363 g/mol. The number of aromatic nitrogens is 2. The maximum Gasteiger partial charge on any atom is 0.266 e. The summed E-state index contributed by atoms with van der Waals surface area (Å²) in [4.78, 5) is 16.3. The van der Waals surface area contributed by atoms with Crippen molar-refractivity contribution < 1.29 is 18.4 Å². The van der Waals surface area contributed by atoms with E-state index in [9.17, 15) is 14.4 Å². The Hall–Kier alpha value is -3.99. The lowest BCUT2D eigenvalue weighted by Crippen LogP contribution is -2.13. The van der Waals surface area contributed by atoms with Crippen LogP contribution in [0.25, 0.3) is 6.08 Å². The molecule has 0 bridgehead atoms. The molecule has 0 unspecified atom stereocenters. The molecule has 1 N–H and O–H groups in total. The molecule has 0 radical (unpaired) electrons. The molecule has 1 heterocycles. The number of hydrogen-bond acceptors (Lipinski definition) is 6. The average Bonchev–Trinajstić information content (AvgIpc) is 3.12. The van der Waals surface area contributed by atoms with Crippen LogP contribution >= 0.6 is 0 Å². The highest BCUT2D eigenvalue weighted by Crippen LogP contribution is 2.17. The minimum Gasteiger partial charge on any atom is -0.485 e. The molecular formula is C20H15FN4O3. The summed E-state index contributed by atoms with van der Waals surface area (Å²) in [6, 6.07) is 14.0. The van der Waals surface area contributed by atoms with Gasteiger partial charge in [0.2, 0.25) is 11.7 Å². The number of halogens is 1. The largest absolute Gasteiger partial charge is 0.485 e. The van der Waals surface area contributed by atoms with Gasteiger partial charge in [-0.25, -0.2) is 4.39 Å². The predicted octanol–water partition coefficient (Wildman–Crippen LogP) is 3.64. The van der Waals surface area contributed by atoms with Crippen LogP contribution in [0.1, 0.15) is 17.3 Å². The predicted molar refractivity (Wildman–Crippen MR) is 98.4 cm³/mol. The van der Waals surface area contributed by atoms with Crippen molar-refractivity contribution in [2.75, 3.05) is 5.32 Å². The van der Waals surface area contributed by atoms with E-state index in [1.165, 1.54) is 30.3 Å². The molecule has 0 aliphatic heterocycles. The topological polar surface area (TPSA) is 101 Å². The molecule has 1 aromatic heterocycles. The Morgan fingerprint density at radius 2 is 1.96 bits per heavy atom. The highest BCUT2D eigenvalue weighted by atomic mass is 19.1. The summed E-state index contributed by atoms with van der Waals surface area (Å²) in [5.41, 5.74) is 0.960. The van der Waals surface area contributed by atoms with Gasteiger partial charge in [0.15, 0.2) is 6.61 Å². The maximum atomic E-state index is 12.9. The molecule has 1 amide bonds. The van der Waals surface area contributed by atoms with E-state index >= 15 is 0 Å². The average molecular weight is 378 g/mol. The number of aryl methyl sites for hydroxylation is 1. The van der Waals surface area contributed by atoms with Crippen LogP contribution in [0.3, 0.4) is 0 Å². The van der Waals surface area contributed by atoms with E-state index < -0.39 is 11.7 Å². The van der Waals surface area contributed by atoms with Gasteiger partial charge in [0.05, 0.1) is 0 Å². The molecule has 8 heteroatoms. The van der Waals surface area contributed by atoms with Crippen molar-refractivity contribution in [1.29, 1.82) is 5.26 Å². The van der Waals surface area contributed by atoms with E-state index in [-0.39, 0.29) is 12.2 Å². The van der Waals surface area contributed by atoms with Crippen LogP contribution in [0.15, 0.2) is 58.6 Å². The molecule has 0 saturated carbocycles. The summed E-state index contributed by atoms with van der Waals surface area (Å²) in [7, 11) is 0. The van der Waals surface area contributed by atoms with Crippen LogP contribution in [-0.4, -0.2) is 16.0 Å². The number of carbonyl (C=O) groups excluding carboxylic acids is 1. The minimum absolute atomic E-state index is 0.0831. The molecule has 0 fully saturated rings. The molecule has 140 valence electrons. The fraction of sp³-hybridized carbons (Fsp3) is 0.100. The SMILES string of the molecule is Cc1nc(COc2ccc(C=C(C#N)C(=O)Nc3ccc(F)cc3)cc2)no1. The Morgan fingerprint density at radius 1 is 1.25 bits per heavy atom. The summed E-state index contributed by atoms with van der Waals surface area (Å²) in [6.45, 7) is 1.85. The number of nitriles is 1. The van der Waals surface area contributed by atoms with Gasteiger partial charge in [-0.1, -0.05) is 17.3 Å². The van der Waals surface area contributed by atoms with E-state index in [1.54, 1.807) is 31.2 Å². The van der Waals surface area contributed by atoms with Gasteiger partial charge in [0, 0.05) is 12.6 Å². The lowest BCUT2D eigenvalue weighted by molar-refractivity contribution is -0.112. The van der Waals surface area contributed by atoms with Gasteiger partial charge in [0.1, 0.15) is 23.2 Å². The first-order chi connectivity index (χ1) is 13.5. The number of hydrogen-bond donors (Lipinski definition) is 1. The summed E-state index contributed by atoms with van der Waals surface area (Å²) >= 11 is 0. The number of carbonyl (C=O) groups is 1. The molecule has 3 rings (SSSR count). The number of nitrogens with one attached hydrogen (secondary N) is 1. The Labute approximate surface area is 160 Å². The Morgan fingerprint density at radius 3 is 2.57 bits per heavy atom. The van der Waals surface area contributed by atoms with Crippen LogP contribution in [-0.2, 0) is 11.4 Å². The highest BCUT2D eigenvalue weighted by molar-refractivity contribution is 6.09. The van der Waals surface area contributed by atoms with Gasteiger partial charge in [-0.2, -0.15) is 10.2 Å². The lowest BCUT2D eigenvalue weighted by atomic mass is 10.1. The van der Waals surface area contributed by atoms with Crippen molar-refractivity contribution in [3.05, 3.63) is 77.2 Å². The zero-order valence-electron chi connectivity index (χ0n) is 14.8. The first-order valence-corrected chi connectivity index (χ1v) is 8.24. The molecule has 28 heavy (non-hydrogen) atoms. The number of nitrogens with zero attached hydrogens (tertiary/aromatic N) is 3. The molecule has 2 aromatic carbocycles. The van der Waals surface area contributed by atoms with E-state index in [1.807, 2.05) is 6.07 Å². The van der Waals surface area contributed by atoms with Crippen molar-refractivity contribution in [2.24, 2.45) is 0 Å². The van der Waals surface area contributed by atoms with E-state index in [2.05, 4.69) is 15.5 Å². The van der Waals surface area contributed by atoms with E-state index in [0.717, 1.165) is 0 Å². The molecule has 3 aromatic rings. The van der Waals surface area contributed by atoms with Gasteiger partial charge in [0.25, 0.3) is 5.91 Å². The fourth-order valence-electron chi connectivity index (χ4n) is 2.26. The highest BCUT2D eigenvalue weighted by Gasteiger charge is 2.10. The van der Waals surface area contributed by atoms with Crippen molar-refractivity contribution >= 4 is 17.7 Å². The maximum absolute atomic E-state index is 12.9. The van der Waals surface area contributed by atoms with Gasteiger partial charge < -0.3 is 14.6 Å².